The number of rotatable bonds is 6. The van der Waals surface area contributed by atoms with E-state index in [9.17, 15) is 9.59 Å². The maximum atomic E-state index is 11.7. The predicted molar refractivity (Wildman–Crippen MR) is 78.9 cm³/mol. The molecule has 0 saturated heterocycles. The number of amides is 1. The zero-order valence-corrected chi connectivity index (χ0v) is 12.8. The van der Waals surface area contributed by atoms with Crippen molar-refractivity contribution in [2.45, 2.75) is 52.1 Å². The smallest absolute Gasteiger partial charge is 0.310 e. The number of carbonyl (C=O) groups is 2. The van der Waals surface area contributed by atoms with Gasteiger partial charge in [0.05, 0.1) is 6.42 Å². The molecule has 1 aromatic carbocycles. The van der Waals surface area contributed by atoms with E-state index in [-0.39, 0.29) is 24.7 Å². The Morgan fingerprint density at radius 1 is 1.14 bits per heavy atom. The van der Waals surface area contributed by atoms with Gasteiger partial charge in [-0.15, -0.1) is 0 Å². The first-order valence-corrected chi connectivity index (χ1v) is 7.03. The van der Waals surface area contributed by atoms with Gasteiger partial charge in [0.2, 0.25) is 5.91 Å². The van der Waals surface area contributed by atoms with Crippen LogP contribution in [0.25, 0.3) is 0 Å². The second-order valence-corrected chi connectivity index (χ2v) is 5.97. The summed E-state index contributed by atoms with van der Waals surface area (Å²) in [5.74, 6) is -0.619. The predicted octanol–water partition coefficient (Wildman–Crippen LogP) is 2.40. The van der Waals surface area contributed by atoms with Crippen LogP contribution in [-0.4, -0.2) is 22.7 Å². The van der Waals surface area contributed by atoms with Gasteiger partial charge in [0.1, 0.15) is 5.60 Å². The Balaban J connectivity index is 2.43. The van der Waals surface area contributed by atoms with Crippen LogP contribution in [0.1, 0.15) is 44.7 Å². The molecule has 0 radical (unpaired) electrons. The maximum Gasteiger partial charge on any atom is 0.310 e. The van der Waals surface area contributed by atoms with Gasteiger partial charge in [0, 0.05) is 6.42 Å². The highest BCUT2D eigenvalue weighted by molar-refractivity contribution is 5.74. The molecule has 1 aromatic rings. The zero-order chi connectivity index (χ0) is 15.9. The lowest BCUT2D eigenvalue weighted by Crippen LogP contribution is -2.24. The van der Waals surface area contributed by atoms with Gasteiger partial charge in [-0.25, -0.2) is 5.48 Å². The van der Waals surface area contributed by atoms with Crippen LogP contribution in [-0.2, 0) is 27.2 Å². The standard InChI is InChI=1S/C16H23NO4/c1-16(2,3)21-15(19)11-13-9-7-12(8-10-13)5-4-6-14(18)17-20/h7-10,20H,4-6,11H2,1-3H3,(H,17,18). The first-order chi connectivity index (χ1) is 9.80. The Kier molecular flexibility index (Phi) is 6.37. The van der Waals surface area contributed by atoms with Gasteiger partial charge in [-0.2, -0.15) is 0 Å². The second-order valence-electron chi connectivity index (χ2n) is 5.97. The lowest BCUT2D eigenvalue weighted by molar-refractivity contribution is -0.153. The Morgan fingerprint density at radius 2 is 1.71 bits per heavy atom. The monoisotopic (exact) mass is 293 g/mol. The van der Waals surface area contributed by atoms with Crippen molar-refractivity contribution < 1.29 is 19.5 Å². The summed E-state index contributed by atoms with van der Waals surface area (Å²) in [7, 11) is 0. The van der Waals surface area contributed by atoms with Crippen molar-refractivity contribution in [1.82, 2.24) is 5.48 Å². The molecule has 0 atom stereocenters. The number of hydrogen-bond acceptors (Lipinski definition) is 4. The molecule has 0 aliphatic carbocycles. The third-order valence-electron chi connectivity index (χ3n) is 2.79. The minimum absolute atomic E-state index is 0.241. The number of benzene rings is 1. The fourth-order valence-electron chi connectivity index (χ4n) is 1.88. The largest absolute Gasteiger partial charge is 0.460 e. The third kappa shape index (κ3) is 7.46. The van der Waals surface area contributed by atoms with Crippen LogP contribution in [0.4, 0.5) is 0 Å². The number of ether oxygens (including phenoxy) is 1. The Bertz CT molecular complexity index is 474. The minimum atomic E-state index is -0.468. The second kappa shape index (κ2) is 7.78. The summed E-state index contributed by atoms with van der Waals surface area (Å²) in [4.78, 5) is 22.6. The molecular formula is C16H23NO4. The molecule has 0 fully saturated rings. The lowest BCUT2D eigenvalue weighted by Gasteiger charge is -2.19. The van der Waals surface area contributed by atoms with Crippen LogP contribution < -0.4 is 5.48 Å². The molecular weight excluding hydrogens is 270 g/mol. The highest BCUT2D eigenvalue weighted by Crippen LogP contribution is 2.12. The molecule has 0 unspecified atom stereocenters. The van der Waals surface area contributed by atoms with E-state index in [1.165, 1.54) is 0 Å². The normalized spacial score (nSPS) is 11.0. The van der Waals surface area contributed by atoms with Crippen molar-refractivity contribution in [3.8, 4) is 0 Å². The highest BCUT2D eigenvalue weighted by atomic mass is 16.6. The lowest BCUT2D eigenvalue weighted by atomic mass is 10.0. The topological polar surface area (TPSA) is 75.6 Å². The van der Waals surface area contributed by atoms with Gasteiger partial charge in [-0.3, -0.25) is 14.8 Å². The van der Waals surface area contributed by atoms with Crippen LogP contribution in [0.15, 0.2) is 24.3 Å². The molecule has 1 rings (SSSR count). The van der Waals surface area contributed by atoms with Gasteiger partial charge in [0.15, 0.2) is 0 Å². The summed E-state index contributed by atoms with van der Waals surface area (Å²) in [6.07, 6.45) is 1.96. The molecule has 0 heterocycles. The number of hydrogen-bond donors (Lipinski definition) is 2. The Labute approximate surface area is 125 Å². The summed E-state index contributed by atoms with van der Waals surface area (Å²) in [6, 6.07) is 7.67. The molecule has 5 nitrogen and oxygen atoms in total. The average Bonchev–Trinajstić information content (AvgIpc) is 2.38. The van der Waals surface area contributed by atoms with E-state index in [0.29, 0.717) is 6.42 Å². The molecule has 1 amide bonds. The van der Waals surface area contributed by atoms with E-state index >= 15 is 0 Å². The van der Waals surface area contributed by atoms with E-state index in [4.69, 9.17) is 9.94 Å². The van der Waals surface area contributed by atoms with Crippen LogP contribution in [0.2, 0.25) is 0 Å². The van der Waals surface area contributed by atoms with Gasteiger partial charge in [-0.1, -0.05) is 24.3 Å². The summed E-state index contributed by atoms with van der Waals surface area (Å²) in [5.41, 5.74) is 3.14. The highest BCUT2D eigenvalue weighted by Gasteiger charge is 2.16. The number of esters is 1. The third-order valence-corrected chi connectivity index (χ3v) is 2.79. The fraction of sp³-hybridized carbons (Fsp3) is 0.500. The van der Waals surface area contributed by atoms with E-state index in [2.05, 4.69) is 0 Å². The van der Waals surface area contributed by atoms with Crippen molar-refractivity contribution in [2.24, 2.45) is 0 Å². The van der Waals surface area contributed by atoms with Crippen molar-refractivity contribution in [1.29, 1.82) is 0 Å². The van der Waals surface area contributed by atoms with Crippen LogP contribution in [0.5, 0.6) is 0 Å². The molecule has 21 heavy (non-hydrogen) atoms. The van der Waals surface area contributed by atoms with Crippen LogP contribution in [0.3, 0.4) is 0 Å². The van der Waals surface area contributed by atoms with E-state index in [1.807, 2.05) is 45.0 Å². The molecule has 0 aromatic heterocycles. The summed E-state index contributed by atoms with van der Waals surface area (Å²) in [6.45, 7) is 5.53. The number of hydroxylamine groups is 1. The van der Waals surface area contributed by atoms with Crippen LogP contribution in [0, 0.1) is 0 Å². The van der Waals surface area contributed by atoms with Crippen molar-refractivity contribution in [3.63, 3.8) is 0 Å². The molecule has 0 aliphatic heterocycles. The molecule has 2 N–H and O–H groups in total. The summed E-state index contributed by atoms with van der Waals surface area (Å²) < 4.78 is 5.27. The zero-order valence-electron chi connectivity index (χ0n) is 12.8. The van der Waals surface area contributed by atoms with Crippen molar-refractivity contribution in [2.75, 3.05) is 0 Å². The number of carbonyl (C=O) groups excluding carboxylic acids is 2. The molecule has 116 valence electrons. The van der Waals surface area contributed by atoms with Crippen molar-refractivity contribution >= 4 is 11.9 Å². The van der Waals surface area contributed by atoms with E-state index < -0.39 is 5.60 Å². The Hall–Kier alpha value is -1.88. The van der Waals surface area contributed by atoms with E-state index in [1.54, 1.807) is 5.48 Å². The fourth-order valence-corrected chi connectivity index (χ4v) is 1.88. The summed E-state index contributed by atoms with van der Waals surface area (Å²) in [5, 5.41) is 8.39. The number of aryl methyl sites for hydroxylation is 1. The minimum Gasteiger partial charge on any atom is -0.460 e. The molecule has 0 aliphatic rings. The van der Waals surface area contributed by atoms with Crippen LogP contribution >= 0.6 is 0 Å². The maximum absolute atomic E-state index is 11.7. The Morgan fingerprint density at radius 3 is 2.24 bits per heavy atom. The number of nitrogens with one attached hydrogen (secondary N) is 1. The summed E-state index contributed by atoms with van der Waals surface area (Å²) >= 11 is 0. The van der Waals surface area contributed by atoms with Crippen molar-refractivity contribution in [3.05, 3.63) is 35.4 Å². The molecule has 0 saturated carbocycles. The van der Waals surface area contributed by atoms with E-state index in [0.717, 1.165) is 17.5 Å². The average molecular weight is 293 g/mol. The molecule has 0 spiro atoms. The SMILES string of the molecule is CC(C)(C)OC(=O)Cc1ccc(CCCC(=O)NO)cc1. The van der Waals surface area contributed by atoms with Gasteiger partial charge < -0.3 is 4.74 Å². The molecule has 5 heteroatoms. The quantitative estimate of drug-likeness (QED) is 0.480. The molecule has 0 bridgehead atoms. The van der Waals surface area contributed by atoms with Gasteiger partial charge in [-0.05, 0) is 44.7 Å². The van der Waals surface area contributed by atoms with Gasteiger partial charge in [0.25, 0.3) is 0 Å². The first kappa shape index (κ1) is 17.2. The van der Waals surface area contributed by atoms with Gasteiger partial charge >= 0.3 is 5.97 Å². The first-order valence-electron chi connectivity index (χ1n) is 7.03.